The molecule has 108 valence electrons. The Morgan fingerprint density at radius 3 is 2.90 bits per heavy atom. The first-order chi connectivity index (χ1) is 10.3. The highest BCUT2D eigenvalue weighted by molar-refractivity contribution is 6.08. The van der Waals surface area contributed by atoms with Crippen LogP contribution in [-0.2, 0) is 4.74 Å². The van der Waals surface area contributed by atoms with Gasteiger partial charge in [-0.15, -0.1) is 0 Å². The number of fused-ring (bicyclic) bond motifs is 3. The third-order valence-corrected chi connectivity index (χ3v) is 3.46. The Bertz CT molecular complexity index is 776. The lowest BCUT2D eigenvalue weighted by Gasteiger charge is -2.01. The second-order valence-corrected chi connectivity index (χ2v) is 4.91. The minimum atomic E-state index is -0.189. The van der Waals surface area contributed by atoms with Crippen molar-refractivity contribution in [1.82, 2.24) is 5.32 Å². The lowest BCUT2D eigenvalue weighted by Crippen LogP contribution is -2.24. The molecule has 0 fully saturated rings. The number of nitrogens with one attached hydrogen (secondary N) is 1. The smallest absolute Gasteiger partial charge is 0.287 e. The fourth-order valence-corrected chi connectivity index (χ4v) is 2.41. The Balaban J connectivity index is 1.87. The van der Waals surface area contributed by atoms with Crippen LogP contribution >= 0.6 is 0 Å². The van der Waals surface area contributed by atoms with Gasteiger partial charge in [-0.2, -0.15) is 0 Å². The van der Waals surface area contributed by atoms with E-state index >= 15 is 0 Å². The normalized spacial score (nSPS) is 11.1. The van der Waals surface area contributed by atoms with E-state index in [2.05, 4.69) is 5.32 Å². The summed E-state index contributed by atoms with van der Waals surface area (Å²) in [6, 6.07) is 13.8. The maximum atomic E-state index is 12.1. The first-order valence-corrected chi connectivity index (χ1v) is 6.98. The number of amides is 1. The summed E-state index contributed by atoms with van der Waals surface area (Å²) in [7, 11) is 1.65. The lowest BCUT2D eigenvalue weighted by atomic mass is 10.1. The fraction of sp³-hybridized carbons (Fsp3) is 0.235. The van der Waals surface area contributed by atoms with Crippen LogP contribution in [0.15, 0.2) is 46.9 Å². The number of ether oxygens (including phenoxy) is 1. The molecule has 0 saturated carbocycles. The zero-order valence-electron chi connectivity index (χ0n) is 11.9. The van der Waals surface area contributed by atoms with Crippen molar-refractivity contribution in [1.29, 1.82) is 0 Å². The van der Waals surface area contributed by atoms with Crippen molar-refractivity contribution in [2.75, 3.05) is 20.3 Å². The van der Waals surface area contributed by atoms with Gasteiger partial charge in [0.1, 0.15) is 5.58 Å². The maximum absolute atomic E-state index is 12.1. The standard InChI is InChI=1S/C17H17NO3/c1-20-10-4-9-18-17(19)16-11-14-13-6-3-2-5-12(13)7-8-15(14)21-16/h2-3,5-8,11H,4,9-10H2,1H3,(H,18,19). The summed E-state index contributed by atoms with van der Waals surface area (Å²) in [4.78, 5) is 12.1. The topological polar surface area (TPSA) is 51.5 Å². The number of methoxy groups -OCH3 is 1. The van der Waals surface area contributed by atoms with E-state index in [1.165, 1.54) is 0 Å². The van der Waals surface area contributed by atoms with Crippen LogP contribution in [0.25, 0.3) is 21.7 Å². The van der Waals surface area contributed by atoms with E-state index < -0.39 is 0 Å². The van der Waals surface area contributed by atoms with E-state index in [1.807, 2.05) is 42.5 Å². The molecule has 21 heavy (non-hydrogen) atoms. The highest BCUT2D eigenvalue weighted by Gasteiger charge is 2.13. The molecule has 3 rings (SSSR count). The van der Waals surface area contributed by atoms with E-state index in [0.29, 0.717) is 18.9 Å². The minimum Gasteiger partial charge on any atom is -0.451 e. The van der Waals surface area contributed by atoms with Crippen LogP contribution in [0.1, 0.15) is 17.0 Å². The summed E-state index contributed by atoms with van der Waals surface area (Å²) in [6.45, 7) is 1.20. The maximum Gasteiger partial charge on any atom is 0.287 e. The van der Waals surface area contributed by atoms with Gasteiger partial charge in [-0.05, 0) is 29.3 Å². The molecular formula is C17H17NO3. The molecule has 4 heteroatoms. The molecule has 0 aliphatic carbocycles. The zero-order valence-corrected chi connectivity index (χ0v) is 11.9. The molecule has 0 spiro atoms. The molecule has 0 bridgehead atoms. The van der Waals surface area contributed by atoms with Crippen molar-refractivity contribution in [3.63, 3.8) is 0 Å². The largest absolute Gasteiger partial charge is 0.451 e. The summed E-state index contributed by atoms with van der Waals surface area (Å²) in [5.41, 5.74) is 0.732. The molecule has 0 atom stereocenters. The molecule has 1 aromatic heterocycles. The highest BCUT2D eigenvalue weighted by atomic mass is 16.5. The Morgan fingerprint density at radius 2 is 2.05 bits per heavy atom. The third kappa shape index (κ3) is 2.76. The van der Waals surface area contributed by atoms with Crippen molar-refractivity contribution in [3.05, 3.63) is 48.2 Å². The summed E-state index contributed by atoms with van der Waals surface area (Å²) in [6.07, 6.45) is 0.783. The number of furan rings is 1. The van der Waals surface area contributed by atoms with Crippen LogP contribution < -0.4 is 5.32 Å². The predicted molar refractivity (Wildman–Crippen MR) is 82.5 cm³/mol. The molecule has 0 aliphatic heterocycles. The SMILES string of the molecule is COCCCNC(=O)c1cc2c(ccc3ccccc32)o1. The van der Waals surface area contributed by atoms with Crippen molar-refractivity contribution < 1.29 is 13.9 Å². The lowest BCUT2D eigenvalue weighted by molar-refractivity contribution is 0.0923. The summed E-state index contributed by atoms with van der Waals surface area (Å²) >= 11 is 0. The van der Waals surface area contributed by atoms with Crippen molar-refractivity contribution in [2.45, 2.75) is 6.42 Å². The van der Waals surface area contributed by atoms with Crippen LogP contribution in [0.5, 0.6) is 0 Å². The molecule has 1 N–H and O–H groups in total. The van der Waals surface area contributed by atoms with Gasteiger partial charge in [0.25, 0.3) is 5.91 Å². The second kappa shape index (κ2) is 5.97. The Hall–Kier alpha value is -2.33. The molecule has 0 aliphatic rings. The molecule has 1 heterocycles. The Kier molecular flexibility index (Phi) is 3.88. The van der Waals surface area contributed by atoms with E-state index in [1.54, 1.807) is 7.11 Å². The number of hydrogen-bond donors (Lipinski definition) is 1. The second-order valence-electron chi connectivity index (χ2n) is 4.91. The monoisotopic (exact) mass is 283 g/mol. The van der Waals surface area contributed by atoms with Gasteiger partial charge in [0.05, 0.1) is 0 Å². The first kappa shape index (κ1) is 13.6. The number of rotatable bonds is 5. The van der Waals surface area contributed by atoms with E-state index in [4.69, 9.17) is 9.15 Å². The molecule has 3 aromatic rings. The number of carbonyl (C=O) groups excluding carboxylic acids is 1. The highest BCUT2D eigenvalue weighted by Crippen LogP contribution is 2.27. The quantitative estimate of drug-likeness (QED) is 0.730. The van der Waals surface area contributed by atoms with E-state index in [0.717, 1.165) is 28.2 Å². The Labute approximate surface area is 122 Å². The molecule has 1 amide bonds. The average molecular weight is 283 g/mol. The number of benzene rings is 2. The van der Waals surface area contributed by atoms with Crippen molar-refractivity contribution in [2.24, 2.45) is 0 Å². The van der Waals surface area contributed by atoms with Crippen LogP contribution in [-0.4, -0.2) is 26.2 Å². The van der Waals surface area contributed by atoms with Gasteiger partial charge in [-0.25, -0.2) is 0 Å². The third-order valence-electron chi connectivity index (χ3n) is 3.46. The molecular weight excluding hydrogens is 266 g/mol. The van der Waals surface area contributed by atoms with Crippen LogP contribution in [0.4, 0.5) is 0 Å². The van der Waals surface area contributed by atoms with Gasteiger partial charge in [-0.1, -0.05) is 30.3 Å². The van der Waals surface area contributed by atoms with Gasteiger partial charge in [0.15, 0.2) is 5.76 Å². The summed E-state index contributed by atoms with van der Waals surface area (Å²) in [5, 5.41) is 6.03. The van der Waals surface area contributed by atoms with Gasteiger partial charge in [0, 0.05) is 25.6 Å². The van der Waals surface area contributed by atoms with Gasteiger partial charge in [0.2, 0.25) is 0 Å². The van der Waals surface area contributed by atoms with E-state index in [9.17, 15) is 4.79 Å². The molecule has 2 aromatic carbocycles. The van der Waals surface area contributed by atoms with Gasteiger partial charge in [-0.3, -0.25) is 4.79 Å². The van der Waals surface area contributed by atoms with Gasteiger partial charge >= 0.3 is 0 Å². The molecule has 0 radical (unpaired) electrons. The molecule has 4 nitrogen and oxygen atoms in total. The zero-order chi connectivity index (χ0) is 14.7. The van der Waals surface area contributed by atoms with Crippen LogP contribution in [0.3, 0.4) is 0 Å². The van der Waals surface area contributed by atoms with Crippen LogP contribution in [0, 0.1) is 0 Å². The molecule has 0 saturated heterocycles. The fourth-order valence-electron chi connectivity index (χ4n) is 2.41. The first-order valence-electron chi connectivity index (χ1n) is 6.98. The predicted octanol–water partition coefficient (Wildman–Crippen LogP) is 3.35. The van der Waals surface area contributed by atoms with Crippen molar-refractivity contribution >= 4 is 27.6 Å². The van der Waals surface area contributed by atoms with Gasteiger partial charge < -0.3 is 14.5 Å². The van der Waals surface area contributed by atoms with Crippen LogP contribution in [0.2, 0.25) is 0 Å². The summed E-state index contributed by atoms with van der Waals surface area (Å²) < 4.78 is 10.6. The van der Waals surface area contributed by atoms with E-state index in [-0.39, 0.29) is 5.91 Å². The number of hydrogen-bond acceptors (Lipinski definition) is 3. The Morgan fingerprint density at radius 1 is 1.19 bits per heavy atom. The van der Waals surface area contributed by atoms with Crippen molar-refractivity contribution in [3.8, 4) is 0 Å². The summed E-state index contributed by atoms with van der Waals surface area (Å²) in [5.74, 6) is 0.158. The number of carbonyl (C=O) groups is 1. The minimum absolute atomic E-state index is 0.189. The average Bonchev–Trinajstić information content (AvgIpc) is 2.96. The molecule has 0 unspecified atom stereocenters.